The molecule has 0 atom stereocenters. The van der Waals surface area contributed by atoms with Crippen LogP contribution in [-0.2, 0) is 13.2 Å². The molecule has 0 saturated heterocycles. The number of hydrazone groups is 1. The SMILES string of the molecule is Cc1ccc(C)n1-c1ccc(OCc2ccc(C(=O)N/N=C/c3cc(Cl)c(OCc4cccc(F)c4)c(Br)c3)o2)cc1. The first-order valence-corrected chi connectivity index (χ1v) is 14.1. The van der Waals surface area contributed by atoms with Crippen LogP contribution in [0, 0.1) is 19.7 Å². The molecule has 0 bridgehead atoms. The average molecular weight is 651 g/mol. The van der Waals surface area contributed by atoms with Gasteiger partial charge in [-0.25, -0.2) is 9.82 Å². The molecule has 3 aromatic carbocycles. The van der Waals surface area contributed by atoms with Crippen LogP contribution in [0.5, 0.6) is 11.5 Å². The lowest BCUT2D eigenvalue weighted by molar-refractivity contribution is 0.0923. The van der Waals surface area contributed by atoms with Gasteiger partial charge in [0.05, 0.1) is 15.7 Å². The van der Waals surface area contributed by atoms with E-state index in [1.54, 1.807) is 36.4 Å². The van der Waals surface area contributed by atoms with Crippen molar-refractivity contribution in [1.82, 2.24) is 9.99 Å². The highest BCUT2D eigenvalue weighted by molar-refractivity contribution is 9.10. The number of nitrogens with one attached hydrogen (secondary N) is 1. The van der Waals surface area contributed by atoms with Gasteiger partial charge in [0.15, 0.2) is 11.5 Å². The summed E-state index contributed by atoms with van der Waals surface area (Å²) in [5.74, 6) is 0.834. The summed E-state index contributed by atoms with van der Waals surface area (Å²) in [4.78, 5) is 12.5. The van der Waals surface area contributed by atoms with Crippen LogP contribution in [0.15, 0.2) is 98.9 Å². The molecule has 7 nitrogen and oxygen atoms in total. The van der Waals surface area contributed by atoms with Gasteiger partial charge in [0.25, 0.3) is 0 Å². The molecule has 0 saturated carbocycles. The molecular weight excluding hydrogens is 625 g/mol. The van der Waals surface area contributed by atoms with E-state index in [1.165, 1.54) is 18.3 Å². The van der Waals surface area contributed by atoms with E-state index >= 15 is 0 Å². The van der Waals surface area contributed by atoms with Gasteiger partial charge in [-0.15, -0.1) is 0 Å². The number of carbonyl (C=O) groups excluding carboxylic acids is 1. The third-order valence-electron chi connectivity index (χ3n) is 6.31. The van der Waals surface area contributed by atoms with Crippen LogP contribution in [0.3, 0.4) is 0 Å². The summed E-state index contributed by atoms with van der Waals surface area (Å²) in [7, 11) is 0. The van der Waals surface area contributed by atoms with E-state index in [-0.39, 0.29) is 24.8 Å². The van der Waals surface area contributed by atoms with Crippen LogP contribution in [0.4, 0.5) is 4.39 Å². The molecule has 0 radical (unpaired) electrons. The Bertz CT molecular complexity index is 1700. The first-order valence-electron chi connectivity index (χ1n) is 12.9. The third-order valence-corrected chi connectivity index (χ3v) is 7.17. The van der Waals surface area contributed by atoms with Gasteiger partial charge in [-0.2, -0.15) is 5.10 Å². The van der Waals surface area contributed by atoms with Crippen molar-refractivity contribution < 1.29 is 23.1 Å². The third kappa shape index (κ3) is 7.10. The second kappa shape index (κ2) is 13.1. The maximum absolute atomic E-state index is 13.4. The zero-order chi connectivity index (χ0) is 29.6. The van der Waals surface area contributed by atoms with E-state index in [2.05, 4.69) is 57.0 Å². The molecule has 1 N–H and O–H groups in total. The monoisotopic (exact) mass is 649 g/mol. The lowest BCUT2D eigenvalue weighted by atomic mass is 10.2. The molecule has 214 valence electrons. The van der Waals surface area contributed by atoms with Gasteiger partial charge in [0.1, 0.15) is 30.5 Å². The number of hydrogen-bond acceptors (Lipinski definition) is 5. The Morgan fingerprint density at radius 3 is 2.48 bits per heavy atom. The van der Waals surface area contributed by atoms with Gasteiger partial charge in [0.2, 0.25) is 0 Å². The molecule has 0 aliphatic heterocycles. The number of amides is 1. The van der Waals surface area contributed by atoms with Gasteiger partial charge in [-0.1, -0.05) is 23.7 Å². The molecule has 1 amide bonds. The fourth-order valence-electron chi connectivity index (χ4n) is 4.29. The number of carbonyl (C=O) groups is 1. The number of hydrogen-bond donors (Lipinski definition) is 1. The van der Waals surface area contributed by atoms with Crippen molar-refractivity contribution in [3.05, 3.63) is 134 Å². The number of halogens is 3. The quantitative estimate of drug-likeness (QED) is 0.122. The number of benzene rings is 3. The summed E-state index contributed by atoms with van der Waals surface area (Å²) in [6, 6.07) is 24.7. The van der Waals surface area contributed by atoms with Crippen molar-refractivity contribution in [3.8, 4) is 17.2 Å². The van der Waals surface area contributed by atoms with Crippen LogP contribution in [0.2, 0.25) is 5.02 Å². The fraction of sp³-hybridized carbons (Fsp3) is 0.125. The Kier molecular flexibility index (Phi) is 9.09. The van der Waals surface area contributed by atoms with Gasteiger partial charge < -0.3 is 18.5 Å². The van der Waals surface area contributed by atoms with E-state index in [4.69, 9.17) is 25.5 Å². The van der Waals surface area contributed by atoms with Gasteiger partial charge >= 0.3 is 5.91 Å². The van der Waals surface area contributed by atoms with Crippen molar-refractivity contribution in [2.24, 2.45) is 5.10 Å². The molecule has 5 aromatic rings. The van der Waals surface area contributed by atoms with Gasteiger partial charge in [0, 0.05) is 17.1 Å². The molecule has 2 heterocycles. The van der Waals surface area contributed by atoms with E-state index < -0.39 is 5.91 Å². The summed E-state index contributed by atoms with van der Waals surface area (Å²) < 4.78 is 33.4. The zero-order valence-corrected chi connectivity index (χ0v) is 25.1. The van der Waals surface area contributed by atoms with E-state index in [1.807, 2.05) is 24.3 Å². The highest BCUT2D eigenvalue weighted by Crippen LogP contribution is 2.34. The Morgan fingerprint density at radius 2 is 1.76 bits per heavy atom. The molecule has 10 heteroatoms. The van der Waals surface area contributed by atoms with Crippen LogP contribution >= 0.6 is 27.5 Å². The zero-order valence-electron chi connectivity index (χ0n) is 22.7. The highest BCUT2D eigenvalue weighted by Gasteiger charge is 2.13. The van der Waals surface area contributed by atoms with Gasteiger partial charge in [-0.05, 0) is 114 Å². The minimum atomic E-state index is -0.514. The smallest absolute Gasteiger partial charge is 0.307 e. The largest absolute Gasteiger partial charge is 0.486 e. The normalized spacial score (nSPS) is 11.2. The number of aryl methyl sites for hydroxylation is 2. The molecule has 0 unspecified atom stereocenters. The van der Waals surface area contributed by atoms with Gasteiger partial charge in [-0.3, -0.25) is 4.79 Å². The topological polar surface area (TPSA) is 78.0 Å². The van der Waals surface area contributed by atoms with E-state index in [9.17, 15) is 9.18 Å². The fourth-order valence-corrected chi connectivity index (χ4v) is 5.28. The minimum Gasteiger partial charge on any atom is -0.486 e. The van der Waals surface area contributed by atoms with Crippen LogP contribution < -0.4 is 14.9 Å². The van der Waals surface area contributed by atoms with E-state index in [0.717, 1.165) is 17.1 Å². The molecule has 42 heavy (non-hydrogen) atoms. The van der Waals surface area contributed by atoms with Crippen LogP contribution in [0.1, 0.15) is 38.8 Å². The van der Waals surface area contributed by atoms with Crippen molar-refractivity contribution >= 4 is 39.7 Å². The molecule has 0 aliphatic carbocycles. The Hall–Kier alpha value is -4.34. The Balaban J connectivity index is 1.13. The lowest BCUT2D eigenvalue weighted by Gasteiger charge is -2.11. The lowest BCUT2D eigenvalue weighted by Crippen LogP contribution is -2.16. The number of rotatable bonds is 10. The average Bonchev–Trinajstić information content (AvgIpc) is 3.58. The Morgan fingerprint density at radius 1 is 1.00 bits per heavy atom. The standard InChI is InChI=1S/C32H26BrClFN3O4/c1-20-6-7-21(2)38(20)25-8-10-26(11-9-25)40-19-27-12-13-30(42-27)32(39)37-36-17-23-15-28(33)31(29(34)16-23)41-18-22-4-3-5-24(35)14-22/h3-17H,18-19H2,1-2H3,(H,37,39)/b36-17+. The van der Waals surface area contributed by atoms with Crippen LogP contribution in [-0.4, -0.2) is 16.7 Å². The molecule has 2 aromatic heterocycles. The molecular formula is C32H26BrClFN3O4. The van der Waals surface area contributed by atoms with Crippen LogP contribution in [0.25, 0.3) is 5.69 Å². The molecule has 0 aliphatic rings. The molecule has 5 rings (SSSR count). The number of furan rings is 1. The number of aromatic nitrogens is 1. The van der Waals surface area contributed by atoms with Crippen molar-refractivity contribution in [3.63, 3.8) is 0 Å². The summed E-state index contributed by atoms with van der Waals surface area (Å²) in [6.45, 7) is 4.44. The predicted octanol–water partition coefficient (Wildman–Crippen LogP) is 8.16. The summed E-state index contributed by atoms with van der Waals surface area (Å²) in [5, 5.41) is 4.33. The van der Waals surface area contributed by atoms with Crippen molar-refractivity contribution in [2.75, 3.05) is 0 Å². The van der Waals surface area contributed by atoms with E-state index in [0.29, 0.717) is 37.9 Å². The van der Waals surface area contributed by atoms with Crippen molar-refractivity contribution in [1.29, 1.82) is 0 Å². The summed E-state index contributed by atoms with van der Waals surface area (Å²) >= 11 is 9.82. The summed E-state index contributed by atoms with van der Waals surface area (Å²) in [5.41, 5.74) is 7.10. The summed E-state index contributed by atoms with van der Waals surface area (Å²) in [6.07, 6.45) is 1.44. The number of ether oxygens (including phenoxy) is 2. The molecule has 0 fully saturated rings. The molecule has 0 spiro atoms. The predicted molar refractivity (Wildman–Crippen MR) is 163 cm³/mol. The second-order valence-electron chi connectivity index (χ2n) is 9.43. The highest BCUT2D eigenvalue weighted by atomic mass is 79.9. The maximum atomic E-state index is 13.4. The maximum Gasteiger partial charge on any atom is 0.307 e. The minimum absolute atomic E-state index is 0.0972. The second-order valence-corrected chi connectivity index (χ2v) is 10.7. The first-order chi connectivity index (χ1) is 20.3. The number of nitrogens with zero attached hydrogens (tertiary/aromatic N) is 2. The van der Waals surface area contributed by atoms with Crippen molar-refractivity contribution in [2.45, 2.75) is 27.1 Å². The first kappa shape index (κ1) is 29.2. The Labute approximate surface area is 255 Å².